The van der Waals surface area contributed by atoms with E-state index in [4.69, 9.17) is 23.2 Å². The Bertz CT molecular complexity index is 1970. The fourth-order valence-corrected chi connectivity index (χ4v) is 7.48. The number of urea groups is 1. The minimum absolute atomic E-state index is 0.0488. The summed E-state index contributed by atoms with van der Waals surface area (Å²) in [7, 11) is -3.93. The molecular weight excluding hydrogens is 683 g/mol. The van der Waals surface area contributed by atoms with Gasteiger partial charge in [-0.05, 0) is 42.7 Å². The van der Waals surface area contributed by atoms with Crippen molar-refractivity contribution >= 4 is 57.0 Å². The Morgan fingerprint density at radius 3 is 2.15 bits per heavy atom. The number of hydrogen-bond donors (Lipinski definition) is 5. The van der Waals surface area contributed by atoms with Crippen molar-refractivity contribution in [2.75, 3.05) is 18.4 Å². The molecule has 48 heavy (non-hydrogen) atoms. The summed E-state index contributed by atoms with van der Waals surface area (Å²) in [4.78, 5) is 58.3. The van der Waals surface area contributed by atoms with Gasteiger partial charge in [0.25, 0.3) is 5.91 Å². The number of carbonyl (C=O) groups excluding carboxylic acids is 2. The summed E-state index contributed by atoms with van der Waals surface area (Å²) in [5.41, 5.74) is -1.08. The molecule has 1 aliphatic heterocycles. The molecule has 0 saturated carbocycles. The van der Waals surface area contributed by atoms with Gasteiger partial charge in [-0.3, -0.25) is 4.79 Å². The van der Waals surface area contributed by atoms with Crippen LogP contribution in [-0.2, 0) is 26.8 Å². The van der Waals surface area contributed by atoms with Crippen molar-refractivity contribution in [2.24, 2.45) is 0 Å². The molecule has 3 amide bonds. The van der Waals surface area contributed by atoms with Crippen molar-refractivity contribution in [1.82, 2.24) is 24.9 Å². The van der Waals surface area contributed by atoms with E-state index in [0.29, 0.717) is 0 Å². The van der Waals surface area contributed by atoms with Crippen LogP contribution in [-0.4, -0.2) is 65.4 Å². The molecule has 0 radical (unpaired) electrons. The largest absolute Gasteiger partial charge is 0.480 e. The minimum atomic E-state index is -3.93. The summed E-state index contributed by atoms with van der Waals surface area (Å²) < 4.78 is 29.6. The Balaban J connectivity index is 1.31. The van der Waals surface area contributed by atoms with Crippen molar-refractivity contribution in [3.05, 3.63) is 122 Å². The van der Waals surface area contributed by atoms with E-state index < -0.39 is 45.2 Å². The van der Waals surface area contributed by atoms with Gasteiger partial charge >= 0.3 is 17.7 Å². The van der Waals surface area contributed by atoms with Crippen LogP contribution in [0.2, 0.25) is 10.0 Å². The second kappa shape index (κ2) is 14.6. The Morgan fingerprint density at radius 2 is 1.54 bits per heavy atom. The lowest BCUT2D eigenvalue weighted by Crippen LogP contribution is -2.57. The van der Waals surface area contributed by atoms with Gasteiger partial charge in [0, 0.05) is 31.3 Å². The predicted molar refractivity (Wildman–Crippen MR) is 179 cm³/mol. The molecule has 0 bridgehead atoms. The highest BCUT2D eigenvalue weighted by molar-refractivity contribution is 7.89. The highest BCUT2D eigenvalue weighted by Gasteiger charge is 2.41. The van der Waals surface area contributed by atoms with Crippen LogP contribution in [0.5, 0.6) is 0 Å². The normalized spacial score (nSPS) is 14.9. The molecule has 4 aromatic rings. The van der Waals surface area contributed by atoms with Crippen LogP contribution in [0.1, 0.15) is 34.3 Å². The number of carboxylic acids is 1. The van der Waals surface area contributed by atoms with E-state index in [1.54, 1.807) is 36.4 Å². The van der Waals surface area contributed by atoms with Crippen molar-refractivity contribution in [3.63, 3.8) is 0 Å². The first kappa shape index (κ1) is 34.6. The van der Waals surface area contributed by atoms with Gasteiger partial charge in [0.15, 0.2) is 0 Å². The maximum absolute atomic E-state index is 13.4. The van der Waals surface area contributed by atoms with E-state index >= 15 is 0 Å². The molecule has 1 aromatic heterocycles. The molecule has 1 fully saturated rings. The fraction of sp³-hybridized carbons (Fsp3) is 0.219. The predicted octanol–water partition coefficient (Wildman–Crippen LogP) is 4.00. The average Bonchev–Trinajstić information content (AvgIpc) is 3.06. The number of anilines is 1. The van der Waals surface area contributed by atoms with Crippen LogP contribution < -0.4 is 21.0 Å². The number of sulfonamides is 1. The van der Waals surface area contributed by atoms with Crippen molar-refractivity contribution in [3.8, 4) is 0 Å². The summed E-state index contributed by atoms with van der Waals surface area (Å²) in [5.74, 6) is -2.40. The maximum atomic E-state index is 13.4. The van der Waals surface area contributed by atoms with Gasteiger partial charge in [0.05, 0.1) is 26.0 Å². The SMILES string of the molecule is O=C(Nc1nc(=O)[nH]cc1CC(NC(=O)N1CCC(NS(=O)(=O)c2ccccc2)(c2ccccc2)CC1)C(=O)O)c1c(Cl)cccc1Cl. The maximum Gasteiger partial charge on any atom is 0.346 e. The summed E-state index contributed by atoms with van der Waals surface area (Å²) >= 11 is 12.3. The highest BCUT2D eigenvalue weighted by Crippen LogP contribution is 2.35. The number of aromatic amines is 1. The standard InChI is InChI=1S/C32H30Cl2N6O7S/c33-23-12-7-13-24(34)26(23)28(41)37-27-20(19-35-30(44)38-27)18-25(29(42)43)36-31(45)40-16-14-32(15-17-40,21-8-3-1-4-9-21)39-48(46,47)22-10-5-2-6-11-22/h1-13,19,25,39H,14-18H2,(H,36,45)(H,42,43)(H2,35,37,38,41,44). The van der Waals surface area contributed by atoms with E-state index in [1.165, 1.54) is 35.4 Å². The topological polar surface area (TPSA) is 191 Å². The number of piperidine rings is 1. The third-order valence-corrected chi connectivity index (χ3v) is 10.1. The number of nitrogens with one attached hydrogen (secondary N) is 4. The van der Waals surface area contributed by atoms with Crippen molar-refractivity contribution < 1.29 is 27.9 Å². The highest BCUT2D eigenvalue weighted by atomic mass is 35.5. The summed E-state index contributed by atoms with van der Waals surface area (Å²) in [5, 5.41) is 15.0. The van der Waals surface area contributed by atoms with E-state index in [0.717, 1.165) is 5.56 Å². The summed E-state index contributed by atoms with van der Waals surface area (Å²) in [6.07, 6.45) is 1.24. The monoisotopic (exact) mass is 712 g/mol. The number of nitrogens with zero attached hydrogens (tertiary/aromatic N) is 2. The Labute approximate surface area is 285 Å². The Kier molecular flexibility index (Phi) is 10.5. The number of aliphatic carboxylic acids is 1. The number of likely N-dealkylation sites (tertiary alicyclic amines) is 1. The number of carbonyl (C=O) groups is 3. The molecule has 0 aliphatic carbocycles. The molecular formula is C32H30Cl2N6O7S. The second-order valence-corrected chi connectivity index (χ2v) is 13.5. The van der Waals surface area contributed by atoms with Crippen LogP contribution in [0.4, 0.5) is 10.6 Å². The van der Waals surface area contributed by atoms with Gasteiger partial charge in [-0.2, -0.15) is 4.98 Å². The number of H-pyrrole nitrogens is 1. The smallest absolute Gasteiger partial charge is 0.346 e. The molecule has 3 aromatic carbocycles. The first-order valence-corrected chi connectivity index (χ1v) is 16.9. The van der Waals surface area contributed by atoms with Gasteiger partial charge in [-0.25, -0.2) is 27.5 Å². The molecule has 1 unspecified atom stereocenters. The summed E-state index contributed by atoms with van der Waals surface area (Å²) in [6, 6.07) is 19.3. The van der Waals surface area contributed by atoms with Crippen LogP contribution in [0, 0.1) is 0 Å². The third kappa shape index (κ3) is 7.85. The molecule has 5 N–H and O–H groups in total. The molecule has 2 heterocycles. The average molecular weight is 714 g/mol. The molecule has 16 heteroatoms. The van der Waals surface area contributed by atoms with Crippen LogP contribution in [0.15, 0.2) is 94.7 Å². The van der Waals surface area contributed by atoms with Gasteiger partial charge in [-0.1, -0.05) is 77.8 Å². The number of aromatic nitrogens is 2. The lowest BCUT2D eigenvalue weighted by atomic mass is 9.82. The zero-order valence-corrected chi connectivity index (χ0v) is 27.5. The van der Waals surface area contributed by atoms with E-state index in [9.17, 15) is 32.7 Å². The van der Waals surface area contributed by atoms with Crippen molar-refractivity contribution in [1.29, 1.82) is 0 Å². The van der Waals surface area contributed by atoms with Crippen molar-refractivity contribution in [2.45, 2.75) is 35.7 Å². The number of benzene rings is 3. The first-order chi connectivity index (χ1) is 22.9. The molecule has 250 valence electrons. The Morgan fingerprint density at radius 1 is 0.938 bits per heavy atom. The fourth-order valence-electron chi connectivity index (χ4n) is 5.45. The Hall–Kier alpha value is -4.76. The number of halogens is 2. The molecule has 0 spiro atoms. The quantitative estimate of drug-likeness (QED) is 0.163. The van der Waals surface area contributed by atoms with E-state index in [2.05, 4.69) is 25.3 Å². The van der Waals surface area contributed by atoms with Gasteiger partial charge < -0.3 is 25.6 Å². The number of rotatable bonds is 10. The van der Waals surface area contributed by atoms with E-state index in [1.807, 2.05) is 18.2 Å². The molecule has 5 rings (SSSR count). The molecule has 13 nitrogen and oxygen atoms in total. The summed E-state index contributed by atoms with van der Waals surface area (Å²) in [6.45, 7) is 0.203. The first-order valence-electron chi connectivity index (χ1n) is 14.7. The number of carboxylic acid groups (broad SMARTS) is 1. The van der Waals surface area contributed by atoms with E-state index in [-0.39, 0.29) is 64.2 Å². The minimum Gasteiger partial charge on any atom is -0.480 e. The lowest BCUT2D eigenvalue weighted by Gasteiger charge is -2.42. The zero-order valence-electron chi connectivity index (χ0n) is 25.2. The number of hydrogen-bond acceptors (Lipinski definition) is 7. The molecule has 1 saturated heterocycles. The van der Waals surface area contributed by atoms with Gasteiger partial charge in [0.1, 0.15) is 11.9 Å². The van der Waals surface area contributed by atoms with Crippen LogP contribution >= 0.6 is 23.2 Å². The second-order valence-electron chi connectivity index (χ2n) is 11.0. The zero-order chi connectivity index (χ0) is 34.5. The third-order valence-electron chi connectivity index (χ3n) is 7.94. The van der Waals surface area contributed by atoms with Gasteiger partial charge in [0.2, 0.25) is 10.0 Å². The number of amides is 3. The molecule has 1 atom stereocenters. The van der Waals surface area contributed by atoms with Crippen LogP contribution in [0.25, 0.3) is 0 Å². The van der Waals surface area contributed by atoms with Gasteiger partial charge in [-0.15, -0.1) is 0 Å². The molecule has 1 aliphatic rings. The lowest BCUT2D eigenvalue weighted by molar-refractivity contribution is -0.139. The van der Waals surface area contributed by atoms with Crippen LogP contribution in [0.3, 0.4) is 0 Å².